The number of fused-ring (bicyclic) bond motifs is 1. The van der Waals surface area contributed by atoms with E-state index in [1.54, 1.807) is 0 Å². The van der Waals surface area contributed by atoms with Gasteiger partial charge in [-0.1, -0.05) is 33.8 Å². The second-order valence-electron chi connectivity index (χ2n) is 7.18. The molecule has 0 amide bonds. The summed E-state index contributed by atoms with van der Waals surface area (Å²) in [6.45, 7) is 10.3. The Labute approximate surface area is 131 Å². The standard InChI is InChI=1S/C17H25N3S/c1-12(17(2,3)4)10-13-11-16-18-8-7-14(20(16)19-13)15-6-5-9-21-15/h5-6,9,11-12,14,18H,7-8,10H2,1-4H3. The molecule has 21 heavy (non-hydrogen) atoms. The molecule has 0 aromatic carbocycles. The lowest BCUT2D eigenvalue weighted by molar-refractivity contribution is 0.258. The Morgan fingerprint density at radius 3 is 2.95 bits per heavy atom. The fraction of sp³-hybridized carbons (Fsp3) is 0.588. The molecule has 2 aromatic rings. The van der Waals surface area contributed by atoms with Crippen LogP contribution in [0.4, 0.5) is 5.82 Å². The fourth-order valence-corrected chi connectivity index (χ4v) is 3.58. The second-order valence-corrected chi connectivity index (χ2v) is 8.16. The molecular formula is C17H25N3S. The van der Waals surface area contributed by atoms with Gasteiger partial charge in [-0.25, -0.2) is 4.68 Å². The van der Waals surface area contributed by atoms with E-state index in [0.29, 0.717) is 17.4 Å². The first-order valence-corrected chi connectivity index (χ1v) is 8.69. The fourth-order valence-electron chi connectivity index (χ4n) is 2.74. The number of nitrogens with one attached hydrogen (secondary N) is 1. The number of aromatic nitrogens is 2. The normalized spacial score (nSPS) is 19.9. The maximum Gasteiger partial charge on any atom is 0.125 e. The SMILES string of the molecule is CC(Cc1cc2n(n1)C(c1cccs1)CCN2)C(C)(C)C. The molecule has 3 heterocycles. The zero-order valence-electron chi connectivity index (χ0n) is 13.4. The summed E-state index contributed by atoms with van der Waals surface area (Å²) in [5.41, 5.74) is 1.54. The molecule has 0 radical (unpaired) electrons. The second kappa shape index (κ2) is 5.48. The van der Waals surface area contributed by atoms with Crippen molar-refractivity contribution < 1.29 is 0 Å². The van der Waals surface area contributed by atoms with E-state index >= 15 is 0 Å². The third kappa shape index (κ3) is 3.00. The summed E-state index contributed by atoms with van der Waals surface area (Å²) < 4.78 is 2.19. The summed E-state index contributed by atoms with van der Waals surface area (Å²) in [6, 6.07) is 7.00. The van der Waals surface area contributed by atoms with Gasteiger partial charge in [0, 0.05) is 17.5 Å². The van der Waals surface area contributed by atoms with Gasteiger partial charge in [-0.3, -0.25) is 0 Å². The minimum absolute atomic E-state index is 0.324. The van der Waals surface area contributed by atoms with Crippen LogP contribution in [-0.2, 0) is 6.42 Å². The molecule has 3 rings (SSSR count). The molecule has 4 heteroatoms. The van der Waals surface area contributed by atoms with Gasteiger partial charge in [0.1, 0.15) is 5.82 Å². The van der Waals surface area contributed by atoms with E-state index in [1.807, 2.05) is 11.3 Å². The first kappa shape index (κ1) is 14.6. The summed E-state index contributed by atoms with van der Waals surface area (Å²) in [6.07, 6.45) is 2.16. The molecule has 0 fully saturated rings. The number of rotatable bonds is 3. The molecular weight excluding hydrogens is 278 g/mol. The van der Waals surface area contributed by atoms with Crippen molar-refractivity contribution in [3.05, 3.63) is 34.2 Å². The Morgan fingerprint density at radius 1 is 1.48 bits per heavy atom. The number of nitrogens with zero attached hydrogens (tertiary/aromatic N) is 2. The van der Waals surface area contributed by atoms with Crippen LogP contribution in [0.25, 0.3) is 0 Å². The number of hydrogen-bond donors (Lipinski definition) is 1. The van der Waals surface area contributed by atoms with Crippen molar-refractivity contribution >= 4 is 17.2 Å². The quantitative estimate of drug-likeness (QED) is 0.900. The van der Waals surface area contributed by atoms with E-state index in [2.05, 4.69) is 61.3 Å². The summed E-state index contributed by atoms with van der Waals surface area (Å²) in [5, 5.41) is 10.6. The first-order chi connectivity index (χ1) is 9.95. The van der Waals surface area contributed by atoms with Gasteiger partial charge in [0.05, 0.1) is 11.7 Å². The Kier molecular flexibility index (Phi) is 3.82. The molecule has 2 atom stereocenters. The van der Waals surface area contributed by atoms with E-state index in [9.17, 15) is 0 Å². The highest BCUT2D eigenvalue weighted by Crippen LogP contribution is 2.34. The lowest BCUT2D eigenvalue weighted by atomic mass is 9.79. The molecule has 0 saturated carbocycles. The van der Waals surface area contributed by atoms with Crippen LogP contribution in [0.1, 0.15) is 50.7 Å². The van der Waals surface area contributed by atoms with Crippen molar-refractivity contribution in [3.8, 4) is 0 Å². The minimum atomic E-state index is 0.324. The van der Waals surface area contributed by atoms with Crippen molar-refractivity contribution in [2.24, 2.45) is 11.3 Å². The molecule has 2 aromatic heterocycles. The van der Waals surface area contributed by atoms with Gasteiger partial charge in [0.2, 0.25) is 0 Å². The zero-order chi connectivity index (χ0) is 15.0. The minimum Gasteiger partial charge on any atom is -0.370 e. The van der Waals surface area contributed by atoms with Gasteiger partial charge in [-0.15, -0.1) is 11.3 Å². The monoisotopic (exact) mass is 303 g/mol. The highest BCUT2D eigenvalue weighted by molar-refractivity contribution is 7.10. The largest absolute Gasteiger partial charge is 0.370 e. The molecule has 1 aliphatic heterocycles. The van der Waals surface area contributed by atoms with E-state index in [-0.39, 0.29) is 0 Å². The van der Waals surface area contributed by atoms with Crippen molar-refractivity contribution in [3.63, 3.8) is 0 Å². The Bertz CT molecular complexity index is 592. The molecule has 1 aliphatic rings. The number of anilines is 1. The van der Waals surface area contributed by atoms with Crippen molar-refractivity contribution in [2.75, 3.05) is 11.9 Å². The van der Waals surface area contributed by atoms with Crippen LogP contribution < -0.4 is 5.32 Å². The maximum absolute atomic E-state index is 4.90. The van der Waals surface area contributed by atoms with Crippen LogP contribution in [0.5, 0.6) is 0 Å². The molecule has 0 saturated heterocycles. The van der Waals surface area contributed by atoms with Crippen LogP contribution in [0.15, 0.2) is 23.6 Å². The third-order valence-electron chi connectivity index (χ3n) is 4.67. The van der Waals surface area contributed by atoms with Crippen molar-refractivity contribution in [2.45, 2.75) is 46.6 Å². The molecule has 0 bridgehead atoms. The molecule has 114 valence electrons. The van der Waals surface area contributed by atoms with Gasteiger partial charge in [-0.05, 0) is 35.6 Å². The van der Waals surface area contributed by atoms with Crippen LogP contribution in [0, 0.1) is 11.3 Å². The van der Waals surface area contributed by atoms with Gasteiger partial charge in [0.25, 0.3) is 0 Å². The predicted molar refractivity (Wildman–Crippen MR) is 90.1 cm³/mol. The molecule has 2 unspecified atom stereocenters. The lowest BCUT2D eigenvalue weighted by Gasteiger charge is -2.26. The Balaban J connectivity index is 1.85. The summed E-state index contributed by atoms with van der Waals surface area (Å²) in [4.78, 5) is 1.41. The van der Waals surface area contributed by atoms with Gasteiger partial charge in [-0.2, -0.15) is 5.10 Å². The Hall–Kier alpha value is -1.29. The molecule has 0 spiro atoms. The summed E-state index contributed by atoms with van der Waals surface area (Å²) in [5.74, 6) is 1.80. The lowest BCUT2D eigenvalue weighted by Crippen LogP contribution is -2.24. The average Bonchev–Trinajstić information content (AvgIpc) is 3.05. The van der Waals surface area contributed by atoms with Crippen LogP contribution >= 0.6 is 11.3 Å². The van der Waals surface area contributed by atoms with E-state index in [0.717, 1.165) is 19.4 Å². The molecule has 1 N–H and O–H groups in total. The van der Waals surface area contributed by atoms with Crippen LogP contribution in [0.3, 0.4) is 0 Å². The number of thiophene rings is 1. The number of hydrogen-bond acceptors (Lipinski definition) is 3. The van der Waals surface area contributed by atoms with E-state index in [4.69, 9.17) is 5.10 Å². The smallest absolute Gasteiger partial charge is 0.125 e. The topological polar surface area (TPSA) is 29.9 Å². The summed E-state index contributed by atoms with van der Waals surface area (Å²) in [7, 11) is 0. The Morgan fingerprint density at radius 2 is 2.29 bits per heavy atom. The summed E-state index contributed by atoms with van der Waals surface area (Å²) >= 11 is 1.83. The van der Waals surface area contributed by atoms with E-state index < -0.39 is 0 Å². The van der Waals surface area contributed by atoms with Crippen molar-refractivity contribution in [1.29, 1.82) is 0 Å². The zero-order valence-corrected chi connectivity index (χ0v) is 14.2. The predicted octanol–water partition coefficient (Wildman–Crippen LogP) is 4.57. The third-order valence-corrected chi connectivity index (χ3v) is 5.64. The molecule has 3 nitrogen and oxygen atoms in total. The van der Waals surface area contributed by atoms with Gasteiger partial charge in [0.15, 0.2) is 0 Å². The van der Waals surface area contributed by atoms with Crippen LogP contribution in [0.2, 0.25) is 0 Å². The average molecular weight is 303 g/mol. The van der Waals surface area contributed by atoms with Crippen LogP contribution in [-0.4, -0.2) is 16.3 Å². The maximum atomic E-state index is 4.90. The molecule has 0 aliphatic carbocycles. The van der Waals surface area contributed by atoms with E-state index in [1.165, 1.54) is 16.4 Å². The highest BCUT2D eigenvalue weighted by atomic mass is 32.1. The highest BCUT2D eigenvalue weighted by Gasteiger charge is 2.26. The van der Waals surface area contributed by atoms with Crippen molar-refractivity contribution in [1.82, 2.24) is 9.78 Å². The van der Waals surface area contributed by atoms with Gasteiger partial charge >= 0.3 is 0 Å². The van der Waals surface area contributed by atoms with Gasteiger partial charge < -0.3 is 5.32 Å². The first-order valence-electron chi connectivity index (χ1n) is 7.81.